The topological polar surface area (TPSA) is 99.4 Å². The highest BCUT2D eigenvalue weighted by Crippen LogP contribution is 2.36. The fourth-order valence-corrected chi connectivity index (χ4v) is 4.60. The molecule has 1 heterocycles. The molecular formula is C24H29ClO6. The summed E-state index contributed by atoms with van der Waals surface area (Å²) in [6, 6.07) is 13.3. The van der Waals surface area contributed by atoms with Crippen LogP contribution >= 0.6 is 11.6 Å². The Balaban J connectivity index is 1.47. The molecule has 4 rings (SSSR count). The number of halogens is 1. The molecule has 7 heteroatoms. The van der Waals surface area contributed by atoms with E-state index in [0.717, 1.165) is 29.7 Å². The Hall–Kier alpha value is -1.67. The van der Waals surface area contributed by atoms with Gasteiger partial charge in [0, 0.05) is 5.02 Å². The summed E-state index contributed by atoms with van der Waals surface area (Å²) in [5.41, 5.74) is 2.58. The van der Waals surface area contributed by atoms with Crippen molar-refractivity contribution in [3.63, 3.8) is 0 Å². The molecule has 2 fully saturated rings. The minimum Gasteiger partial charge on any atom is -0.490 e. The molecule has 5 atom stereocenters. The number of aliphatic hydroxyl groups excluding tert-OH is 4. The summed E-state index contributed by atoms with van der Waals surface area (Å²) >= 11 is 6.41. The zero-order valence-electron chi connectivity index (χ0n) is 17.2. The first-order valence-corrected chi connectivity index (χ1v) is 11.2. The molecule has 31 heavy (non-hydrogen) atoms. The molecular weight excluding hydrogens is 420 g/mol. The van der Waals surface area contributed by atoms with E-state index in [0.29, 0.717) is 23.1 Å². The Morgan fingerprint density at radius 1 is 1.03 bits per heavy atom. The quantitative estimate of drug-likeness (QED) is 0.520. The highest BCUT2D eigenvalue weighted by Gasteiger charge is 2.46. The molecule has 0 amide bonds. The fourth-order valence-electron chi connectivity index (χ4n) is 4.41. The van der Waals surface area contributed by atoms with E-state index in [-0.39, 0.29) is 0 Å². The van der Waals surface area contributed by atoms with E-state index >= 15 is 0 Å². The minimum atomic E-state index is -1.29. The van der Waals surface area contributed by atoms with Crippen molar-refractivity contribution in [2.75, 3.05) is 6.61 Å². The van der Waals surface area contributed by atoms with Crippen LogP contribution in [-0.4, -0.2) is 57.6 Å². The van der Waals surface area contributed by atoms with Gasteiger partial charge in [-0.05, 0) is 67.0 Å². The second-order valence-corrected chi connectivity index (χ2v) is 8.86. The van der Waals surface area contributed by atoms with Gasteiger partial charge in [0.05, 0.1) is 12.7 Å². The number of hydrogen-bond acceptors (Lipinski definition) is 6. The molecule has 2 aliphatic rings. The molecule has 168 valence electrons. The van der Waals surface area contributed by atoms with E-state index < -0.39 is 37.1 Å². The van der Waals surface area contributed by atoms with Gasteiger partial charge in [-0.3, -0.25) is 0 Å². The minimum absolute atomic E-state index is 0.318. The Bertz CT molecular complexity index is 867. The van der Waals surface area contributed by atoms with Crippen LogP contribution in [0.25, 0.3) is 0 Å². The lowest BCUT2D eigenvalue weighted by Gasteiger charge is -2.19. The van der Waals surface area contributed by atoms with E-state index in [9.17, 15) is 15.3 Å². The third-order valence-electron chi connectivity index (χ3n) is 6.19. The maximum absolute atomic E-state index is 10.4. The lowest BCUT2D eigenvalue weighted by molar-refractivity contribution is -0.0820. The van der Waals surface area contributed by atoms with E-state index in [1.54, 1.807) is 12.1 Å². The van der Waals surface area contributed by atoms with Crippen molar-refractivity contribution >= 4 is 11.6 Å². The molecule has 1 aliphatic carbocycles. The Labute approximate surface area is 187 Å². The van der Waals surface area contributed by atoms with Crippen LogP contribution in [0.15, 0.2) is 42.5 Å². The van der Waals surface area contributed by atoms with Gasteiger partial charge in [0.15, 0.2) is 0 Å². The van der Waals surface area contributed by atoms with Crippen LogP contribution < -0.4 is 4.74 Å². The van der Waals surface area contributed by atoms with Crippen LogP contribution in [0.1, 0.15) is 48.5 Å². The Morgan fingerprint density at radius 2 is 1.74 bits per heavy atom. The van der Waals surface area contributed by atoms with Crippen molar-refractivity contribution in [1.29, 1.82) is 0 Å². The Kier molecular flexibility index (Phi) is 7.16. The van der Waals surface area contributed by atoms with Crippen molar-refractivity contribution in [3.05, 3.63) is 64.2 Å². The van der Waals surface area contributed by atoms with Gasteiger partial charge in [-0.25, -0.2) is 0 Å². The fraction of sp³-hybridized carbons (Fsp3) is 0.500. The first-order valence-electron chi connectivity index (χ1n) is 10.8. The molecule has 0 radical (unpaired) electrons. The van der Waals surface area contributed by atoms with Gasteiger partial charge in [0.2, 0.25) is 0 Å². The van der Waals surface area contributed by atoms with Crippen LogP contribution in [0.2, 0.25) is 5.02 Å². The third kappa shape index (κ3) is 5.06. The molecule has 0 spiro atoms. The van der Waals surface area contributed by atoms with Crippen molar-refractivity contribution in [2.45, 2.75) is 68.7 Å². The van der Waals surface area contributed by atoms with Gasteiger partial charge in [-0.2, -0.15) is 0 Å². The molecule has 1 saturated carbocycles. The summed E-state index contributed by atoms with van der Waals surface area (Å²) in [7, 11) is 0. The second kappa shape index (κ2) is 9.86. The monoisotopic (exact) mass is 448 g/mol. The maximum atomic E-state index is 10.4. The van der Waals surface area contributed by atoms with E-state index in [1.807, 2.05) is 30.3 Å². The zero-order chi connectivity index (χ0) is 22.0. The molecule has 1 aliphatic heterocycles. The average molecular weight is 449 g/mol. The van der Waals surface area contributed by atoms with Gasteiger partial charge in [-0.15, -0.1) is 0 Å². The lowest BCUT2D eigenvalue weighted by Crippen LogP contribution is -2.40. The summed E-state index contributed by atoms with van der Waals surface area (Å²) in [5, 5.41) is 40.2. The Morgan fingerprint density at radius 3 is 2.42 bits per heavy atom. The highest BCUT2D eigenvalue weighted by molar-refractivity contribution is 6.31. The van der Waals surface area contributed by atoms with Gasteiger partial charge >= 0.3 is 0 Å². The molecule has 4 N–H and O–H groups in total. The number of aliphatic hydroxyl groups is 4. The molecule has 0 bridgehead atoms. The van der Waals surface area contributed by atoms with Gasteiger partial charge in [0.25, 0.3) is 0 Å². The molecule has 0 aromatic heterocycles. The highest BCUT2D eigenvalue weighted by atomic mass is 35.5. The third-order valence-corrected chi connectivity index (χ3v) is 6.56. The molecule has 2 aromatic rings. The molecule has 1 saturated heterocycles. The van der Waals surface area contributed by atoms with Crippen LogP contribution in [0, 0.1) is 0 Å². The van der Waals surface area contributed by atoms with Gasteiger partial charge in [0.1, 0.15) is 36.3 Å². The SMILES string of the molecule is OC[C@@H](O)[C@H]1O[C@H](c2ccc(Cl)c(Cc3ccc(OC4CCCC4)cc3)c2)[C@H](O)[C@H]1O. The second-order valence-electron chi connectivity index (χ2n) is 8.45. The summed E-state index contributed by atoms with van der Waals surface area (Å²) in [5.74, 6) is 0.875. The van der Waals surface area contributed by atoms with Gasteiger partial charge < -0.3 is 29.9 Å². The maximum Gasteiger partial charge on any atom is 0.119 e. The number of benzene rings is 2. The average Bonchev–Trinajstić information content (AvgIpc) is 3.39. The van der Waals surface area contributed by atoms with E-state index in [1.165, 1.54) is 12.8 Å². The zero-order valence-corrected chi connectivity index (χ0v) is 18.0. The predicted octanol–water partition coefficient (Wildman–Crippen LogP) is 2.77. The van der Waals surface area contributed by atoms with E-state index in [2.05, 4.69) is 0 Å². The van der Waals surface area contributed by atoms with Crippen LogP contribution in [0.3, 0.4) is 0 Å². The van der Waals surface area contributed by atoms with Crippen molar-refractivity contribution in [3.8, 4) is 5.75 Å². The number of ether oxygens (including phenoxy) is 2. The standard InChI is InChI=1S/C24H29ClO6/c25-19-10-7-15(23-21(28)22(29)24(31-23)20(27)13-26)12-16(19)11-14-5-8-18(9-6-14)30-17-3-1-2-4-17/h5-10,12,17,20-24,26-29H,1-4,11,13H2/t20-,21-,22-,23-,24-/m1/s1. The van der Waals surface area contributed by atoms with Crippen LogP contribution in [-0.2, 0) is 11.2 Å². The predicted molar refractivity (Wildman–Crippen MR) is 116 cm³/mol. The molecule has 0 unspecified atom stereocenters. The number of rotatable bonds is 7. The van der Waals surface area contributed by atoms with Gasteiger partial charge in [-0.1, -0.05) is 35.9 Å². The summed E-state index contributed by atoms with van der Waals surface area (Å²) in [4.78, 5) is 0. The summed E-state index contributed by atoms with van der Waals surface area (Å²) < 4.78 is 11.7. The normalized spacial score (nSPS) is 27.5. The van der Waals surface area contributed by atoms with Crippen LogP contribution in [0.5, 0.6) is 5.75 Å². The van der Waals surface area contributed by atoms with Crippen LogP contribution in [0.4, 0.5) is 0 Å². The summed E-state index contributed by atoms with van der Waals surface area (Å²) in [6.07, 6.45) is -0.0632. The summed E-state index contributed by atoms with van der Waals surface area (Å²) in [6.45, 7) is -0.562. The molecule has 2 aromatic carbocycles. The first-order chi connectivity index (χ1) is 15.0. The van der Waals surface area contributed by atoms with E-state index in [4.69, 9.17) is 26.2 Å². The lowest BCUT2D eigenvalue weighted by atomic mass is 9.96. The molecule has 6 nitrogen and oxygen atoms in total. The first kappa shape index (κ1) is 22.5. The van der Waals surface area contributed by atoms with Crippen molar-refractivity contribution in [1.82, 2.24) is 0 Å². The largest absolute Gasteiger partial charge is 0.490 e. The van der Waals surface area contributed by atoms with Crippen molar-refractivity contribution < 1.29 is 29.9 Å². The van der Waals surface area contributed by atoms with Crippen molar-refractivity contribution in [2.24, 2.45) is 0 Å². The number of hydrogen-bond donors (Lipinski definition) is 4. The smallest absolute Gasteiger partial charge is 0.119 e.